The van der Waals surface area contributed by atoms with E-state index in [9.17, 15) is 0 Å². The van der Waals surface area contributed by atoms with Crippen LogP contribution in [-0.4, -0.2) is 9.78 Å². The average Bonchev–Trinajstić information content (AvgIpc) is 2.89. The molecule has 0 aliphatic heterocycles. The van der Waals surface area contributed by atoms with E-state index in [0.29, 0.717) is 6.54 Å². The van der Waals surface area contributed by atoms with Crippen molar-refractivity contribution in [3.63, 3.8) is 0 Å². The van der Waals surface area contributed by atoms with Gasteiger partial charge in [-0.1, -0.05) is 43.5 Å². The molecule has 2 aromatic rings. The van der Waals surface area contributed by atoms with E-state index >= 15 is 0 Å². The van der Waals surface area contributed by atoms with E-state index in [1.807, 2.05) is 11.7 Å². The highest BCUT2D eigenvalue weighted by atomic mass is 15.3. The lowest BCUT2D eigenvalue weighted by atomic mass is 9.84. The number of nitrogens with two attached hydrogens (primary N) is 1. The van der Waals surface area contributed by atoms with Crippen LogP contribution < -0.4 is 5.73 Å². The molecule has 0 bridgehead atoms. The van der Waals surface area contributed by atoms with Crippen molar-refractivity contribution in [1.29, 1.82) is 0 Å². The summed E-state index contributed by atoms with van der Waals surface area (Å²) in [5, 5.41) is 4.41. The molecule has 0 saturated heterocycles. The molecule has 1 fully saturated rings. The van der Waals surface area contributed by atoms with E-state index < -0.39 is 0 Å². The fourth-order valence-corrected chi connectivity index (χ4v) is 3.30. The molecule has 0 unspecified atom stereocenters. The molecule has 3 heteroatoms. The number of nitrogens with zero attached hydrogens (tertiary/aromatic N) is 2. The van der Waals surface area contributed by atoms with Crippen LogP contribution in [0.4, 0.5) is 0 Å². The summed E-state index contributed by atoms with van der Waals surface area (Å²) in [4.78, 5) is 0. The Balaban J connectivity index is 1.85. The molecule has 3 rings (SSSR count). The van der Waals surface area contributed by atoms with E-state index in [-0.39, 0.29) is 0 Å². The predicted octanol–water partition coefficient (Wildman–Crippen LogP) is 3.59. The summed E-state index contributed by atoms with van der Waals surface area (Å²) in [6.45, 7) is 0.487. The lowest BCUT2D eigenvalue weighted by Crippen LogP contribution is -2.04. The van der Waals surface area contributed by atoms with Crippen molar-refractivity contribution in [2.75, 3.05) is 0 Å². The fraction of sp³-hybridized carbons (Fsp3) is 0.471. The third kappa shape index (κ3) is 2.63. The Morgan fingerprint density at radius 1 is 1.15 bits per heavy atom. The zero-order valence-electron chi connectivity index (χ0n) is 12.2. The number of benzene rings is 1. The van der Waals surface area contributed by atoms with E-state index in [1.54, 1.807) is 0 Å². The van der Waals surface area contributed by atoms with Crippen LogP contribution in [0.2, 0.25) is 0 Å². The third-order valence-electron chi connectivity index (χ3n) is 4.40. The first-order chi connectivity index (χ1) is 9.78. The van der Waals surface area contributed by atoms with Gasteiger partial charge >= 0.3 is 0 Å². The topological polar surface area (TPSA) is 43.8 Å². The fourth-order valence-electron chi connectivity index (χ4n) is 3.30. The van der Waals surface area contributed by atoms with Crippen LogP contribution in [0.15, 0.2) is 30.5 Å². The zero-order chi connectivity index (χ0) is 13.9. The summed E-state index contributed by atoms with van der Waals surface area (Å²) in [6.07, 6.45) is 8.92. The lowest BCUT2D eigenvalue weighted by molar-refractivity contribution is 0.443. The molecule has 1 saturated carbocycles. The van der Waals surface area contributed by atoms with Gasteiger partial charge in [-0.3, -0.25) is 4.68 Å². The van der Waals surface area contributed by atoms with E-state index in [0.717, 1.165) is 17.2 Å². The Bertz CT molecular complexity index is 562. The van der Waals surface area contributed by atoms with Gasteiger partial charge in [0, 0.05) is 25.4 Å². The van der Waals surface area contributed by atoms with Gasteiger partial charge in [0.25, 0.3) is 0 Å². The molecule has 2 N–H and O–H groups in total. The van der Waals surface area contributed by atoms with Crippen molar-refractivity contribution < 1.29 is 0 Å². The van der Waals surface area contributed by atoms with Crippen molar-refractivity contribution >= 4 is 0 Å². The van der Waals surface area contributed by atoms with Crippen LogP contribution in [0.1, 0.15) is 49.3 Å². The number of hydrogen-bond donors (Lipinski definition) is 1. The molecule has 0 radical (unpaired) electrons. The van der Waals surface area contributed by atoms with Crippen molar-refractivity contribution in [3.8, 4) is 11.1 Å². The lowest BCUT2D eigenvalue weighted by Gasteiger charge is -2.22. The summed E-state index contributed by atoms with van der Waals surface area (Å²) in [5.41, 5.74) is 10.6. The Morgan fingerprint density at radius 2 is 1.85 bits per heavy atom. The standard InChI is InChI=1S/C17H23N3/c1-20-12-16(17(11-18)19-20)15-9-7-14(8-10-15)13-5-3-2-4-6-13/h7-10,12-13H,2-6,11,18H2,1H3. The van der Waals surface area contributed by atoms with Gasteiger partial charge in [-0.15, -0.1) is 0 Å². The minimum atomic E-state index is 0.487. The van der Waals surface area contributed by atoms with Gasteiger partial charge in [0.15, 0.2) is 0 Å². The molecule has 20 heavy (non-hydrogen) atoms. The van der Waals surface area contributed by atoms with Crippen LogP contribution in [0.5, 0.6) is 0 Å². The summed E-state index contributed by atoms with van der Waals surface area (Å²) in [7, 11) is 1.94. The van der Waals surface area contributed by atoms with Gasteiger partial charge in [-0.2, -0.15) is 5.10 Å². The predicted molar refractivity (Wildman–Crippen MR) is 82.4 cm³/mol. The molecule has 1 aliphatic carbocycles. The largest absolute Gasteiger partial charge is 0.325 e. The first-order valence-electron chi connectivity index (χ1n) is 7.61. The SMILES string of the molecule is Cn1cc(-c2ccc(C3CCCCC3)cc2)c(CN)n1. The molecule has 106 valence electrons. The number of aromatic nitrogens is 2. The average molecular weight is 269 g/mol. The zero-order valence-corrected chi connectivity index (χ0v) is 12.2. The molecule has 1 aliphatic rings. The van der Waals surface area contributed by atoms with Crippen molar-refractivity contribution in [2.24, 2.45) is 12.8 Å². The molecule has 1 heterocycles. The molecule has 1 aromatic carbocycles. The molecular formula is C17H23N3. The second-order valence-corrected chi connectivity index (χ2v) is 5.82. The van der Waals surface area contributed by atoms with Gasteiger partial charge in [0.05, 0.1) is 5.69 Å². The van der Waals surface area contributed by atoms with Crippen molar-refractivity contribution in [1.82, 2.24) is 9.78 Å². The molecule has 0 amide bonds. The van der Waals surface area contributed by atoms with Gasteiger partial charge in [0.1, 0.15) is 0 Å². The van der Waals surface area contributed by atoms with Gasteiger partial charge in [-0.25, -0.2) is 0 Å². The van der Waals surface area contributed by atoms with Crippen LogP contribution in [-0.2, 0) is 13.6 Å². The highest BCUT2D eigenvalue weighted by Crippen LogP contribution is 2.33. The number of hydrogen-bond acceptors (Lipinski definition) is 2. The smallest absolute Gasteiger partial charge is 0.0838 e. The maximum Gasteiger partial charge on any atom is 0.0838 e. The maximum atomic E-state index is 5.77. The van der Waals surface area contributed by atoms with Crippen molar-refractivity contribution in [2.45, 2.75) is 44.6 Å². The monoisotopic (exact) mass is 269 g/mol. The van der Waals surface area contributed by atoms with Crippen LogP contribution >= 0.6 is 0 Å². The minimum Gasteiger partial charge on any atom is -0.325 e. The molecule has 3 nitrogen and oxygen atoms in total. The van der Waals surface area contributed by atoms with Crippen LogP contribution in [0.25, 0.3) is 11.1 Å². The summed E-state index contributed by atoms with van der Waals surface area (Å²) < 4.78 is 1.84. The van der Waals surface area contributed by atoms with Gasteiger partial charge in [0.2, 0.25) is 0 Å². The maximum absolute atomic E-state index is 5.77. The summed E-state index contributed by atoms with van der Waals surface area (Å²) in [6, 6.07) is 9.03. The van der Waals surface area contributed by atoms with Gasteiger partial charge < -0.3 is 5.73 Å². The second kappa shape index (κ2) is 5.80. The highest BCUT2D eigenvalue weighted by Gasteiger charge is 2.16. The van der Waals surface area contributed by atoms with E-state index in [4.69, 9.17) is 5.73 Å². The van der Waals surface area contributed by atoms with E-state index in [2.05, 4.69) is 35.6 Å². The van der Waals surface area contributed by atoms with Crippen LogP contribution in [0, 0.1) is 0 Å². The third-order valence-corrected chi connectivity index (χ3v) is 4.40. The molecule has 0 spiro atoms. The Morgan fingerprint density at radius 3 is 2.50 bits per heavy atom. The summed E-state index contributed by atoms with van der Waals surface area (Å²) in [5.74, 6) is 0.765. The Hall–Kier alpha value is -1.61. The molecule has 1 aromatic heterocycles. The van der Waals surface area contributed by atoms with Crippen LogP contribution in [0.3, 0.4) is 0 Å². The number of aryl methyl sites for hydroxylation is 1. The molecule has 0 atom stereocenters. The quantitative estimate of drug-likeness (QED) is 0.925. The molecular weight excluding hydrogens is 246 g/mol. The van der Waals surface area contributed by atoms with Crippen molar-refractivity contribution in [3.05, 3.63) is 41.7 Å². The second-order valence-electron chi connectivity index (χ2n) is 5.82. The number of rotatable bonds is 3. The first kappa shape index (κ1) is 13.4. The minimum absolute atomic E-state index is 0.487. The normalized spacial score (nSPS) is 16.5. The van der Waals surface area contributed by atoms with E-state index in [1.165, 1.54) is 43.2 Å². The Kier molecular flexibility index (Phi) is 3.88. The highest BCUT2D eigenvalue weighted by molar-refractivity contribution is 5.65. The summed E-state index contributed by atoms with van der Waals surface area (Å²) >= 11 is 0. The first-order valence-corrected chi connectivity index (χ1v) is 7.61. The Labute approximate surface area is 120 Å². The van der Waals surface area contributed by atoms with Gasteiger partial charge in [-0.05, 0) is 29.9 Å².